The summed E-state index contributed by atoms with van der Waals surface area (Å²) in [5, 5.41) is 3.91. The molecular weight excluding hydrogens is 196 g/mol. The molecule has 1 rings (SSSR count). The highest BCUT2D eigenvalue weighted by Crippen LogP contribution is 2.21. The van der Waals surface area contributed by atoms with Crippen LogP contribution in [0.4, 0.5) is 5.69 Å². The van der Waals surface area contributed by atoms with Crippen molar-refractivity contribution in [1.82, 2.24) is 4.98 Å². The zero-order valence-corrected chi connectivity index (χ0v) is 9.73. The normalized spacial score (nSPS) is 12.6. The Morgan fingerprint density at radius 3 is 2.93 bits per heavy atom. The first kappa shape index (κ1) is 11.3. The summed E-state index contributed by atoms with van der Waals surface area (Å²) in [7, 11) is 0. The van der Waals surface area contributed by atoms with Crippen molar-refractivity contribution in [1.29, 1.82) is 0 Å². The van der Waals surface area contributed by atoms with E-state index in [0.29, 0.717) is 11.2 Å². The van der Waals surface area contributed by atoms with E-state index in [1.807, 2.05) is 13.0 Å². The topological polar surface area (TPSA) is 24.9 Å². The molecule has 0 aliphatic carbocycles. The number of pyridine rings is 1. The molecule has 14 heavy (non-hydrogen) atoms. The number of aryl methyl sites for hydroxylation is 1. The Labute approximate surface area is 90.7 Å². The van der Waals surface area contributed by atoms with E-state index in [0.717, 1.165) is 17.7 Å². The Morgan fingerprint density at radius 2 is 2.29 bits per heavy atom. The van der Waals surface area contributed by atoms with Gasteiger partial charge in [0.1, 0.15) is 0 Å². The molecule has 0 fully saturated rings. The van der Waals surface area contributed by atoms with Gasteiger partial charge in [-0.3, -0.25) is 0 Å². The molecule has 1 aromatic rings. The standard InChI is InChI=1S/C11H17ClN2/c1-4-5-9(3)14-10-6-8(2)7-13-11(10)12/h6-7,9,14H,4-5H2,1-3H3. The van der Waals surface area contributed by atoms with Crippen molar-refractivity contribution in [3.8, 4) is 0 Å². The van der Waals surface area contributed by atoms with Crippen LogP contribution in [0.1, 0.15) is 32.3 Å². The Hall–Kier alpha value is -0.760. The number of nitrogens with zero attached hydrogens (tertiary/aromatic N) is 1. The van der Waals surface area contributed by atoms with E-state index >= 15 is 0 Å². The highest BCUT2D eigenvalue weighted by molar-refractivity contribution is 6.31. The fraction of sp³-hybridized carbons (Fsp3) is 0.545. The molecule has 0 aliphatic rings. The van der Waals surface area contributed by atoms with E-state index in [4.69, 9.17) is 11.6 Å². The first-order valence-corrected chi connectivity index (χ1v) is 5.40. The number of rotatable bonds is 4. The van der Waals surface area contributed by atoms with Crippen LogP contribution in [0.15, 0.2) is 12.3 Å². The van der Waals surface area contributed by atoms with E-state index in [1.54, 1.807) is 6.20 Å². The maximum Gasteiger partial charge on any atom is 0.152 e. The highest BCUT2D eigenvalue weighted by Gasteiger charge is 2.05. The maximum absolute atomic E-state index is 5.97. The van der Waals surface area contributed by atoms with Crippen LogP contribution >= 0.6 is 11.6 Å². The molecular formula is C11H17ClN2. The van der Waals surface area contributed by atoms with Crippen molar-refractivity contribution in [2.45, 2.75) is 39.7 Å². The predicted molar refractivity (Wildman–Crippen MR) is 62.0 cm³/mol. The monoisotopic (exact) mass is 212 g/mol. The maximum atomic E-state index is 5.97. The Morgan fingerprint density at radius 1 is 1.57 bits per heavy atom. The summed E-state index contributed by atoms with van der Waals surface area (Å²) in [6.07, 6.45) is 4.09. The smallest absolute Gasteiger partial charge is 0.152 e. The van der Waals surface area contributed by atoms with Crippen LogP contribution in [0.5, 0.6) is 0 Å². The van der Waals surface area contributed by atoms with Crippen molar-refractivity contribution >= 4 is 17.3 Å². The van der Waals surface area contributed by atoms with Crippen molar-refractivity contribution in [3.63, 3.8) is 0 Å². The molecule has 0 aromatic carbocycles. The molecule has 0 bridgehead atoms. The van der Waals surface area contributed by atoms with Gasteiger partial charge in [-0.1, -0.05) is 24.9 Å². The van der Waals surface area contributed by atoms with Crippen LogP contribution < -0.4 is 5.32 Å². The number of nitrogens with one attached hydrogen (secondary N) is 1. The number of halogens is 1. The van der Waals surface area contributed by atoms with Gasteiger partial charge in [0.25, 0.3) is 0 Å². The van der Waals surface area contributed by atoms with Gasteiger partial charge in [0.05, 0.1) is 5.69 Å². The van der Waals surface area contributed by atoms with Crippen LogP contribution in [0.2, 0.25) is 5.15 Å². The largest absolute Gasteiger partial charge is 0.380 e. The third-order valence-corrected chi connectivity index (χ3v) is 2.40. The molecule has 78 valence electrons. The third kappa shape index (κ3) is 3.18. The van der Waals surface area contributed by atoms with Crippen molar-refractivity contribution in [2.75, 3.05) is 5.32 Å². The molecule has 0 radical (unpaired) electrons. The molecule has 0 aliphatic heterocycles. The fourth-order valence-corrected chi connectivity index (χ4v) is 1.58. The molecule has 0 saturated carbocycles. The van der Waals surface area contributed by atoms with E-state index in [1.165, 1.54) is 6.42 Å². The van der Waals surface area contributed by atoms with Gasteiger partial charge in [-0.15, -0.1) is 0 Å². The molecule has 1 aromatic heterocycles. The average Bonchev–Trinajstić information content (AvgIpc) is 2.12. The first-order valence-electron chi connectivity index (χ1n) is 5.02. The number of aromatic nitrogens is 1. The second-order valence-electron chi connectivity index (χ2n) is 3.69. The van der Waals surface area contributed by atoms with Gasteiger partial charge in [0.2, 0.25) is 0 Å². The summed E-state index contributed by atoms with van der Waals surface area (Å²) < 4.78 is 0. The Bertz CT molecular complexity index is 299. The quantitative estimate of drug-likeness (QED) is 0.771. The van der Waals surface area contributed by atoms with E-state index in [2.05, 4.69) is 24.1 Å². The lowest BCUT2D eigenvalue weighted by Crippen LogP contribution is -2.15. The van der Waals surface area contributed by atoms with Crippen molar-refractivity contribution in [3.05, 3.63) is 23.0 Å². The second kappa shape index (κ2) is 5.20. The van der Waals surface area contributed by atoms with Gasteiger partial charge in [-0.05, 0) is 31.9 Å². The van der Waals surface area contributed by atoms with E-state index in [-0.39, 0.29) is 0 Å². The zero-order chi connectivity index (χ0) is 10.6. The summed E-state index contributed by atoms with van der Waals surface area (Å²) in [5.74, 6) is 0. The lowest BCUT2D eigenvalue weighted by atomic mass is 10.2. The molecule has 0 amide bonds. The summed E-state index contributed by atoms with van der Waals surface area (Å²) in [4.78, 5) is 4.09. The second-order valence-corrected chi connectivity index (χ2v) is 4.04. The van der Waals surface area contributed by atoms with Gasteiger partial charge in [0.15, 0.2) is 5.15 Å². The molecule has 2 nitrogen and oxygen atoms in total. The minimum absolute atomic E-state index is 0.445. The predicted octanol–water partition coefficient (Wildman–Crippen LogP) is 3.64. The summed E-state index contributed by atoms with van der Waals surface area (Å²) in [6, 6.07) is 2.47. The fourth-order valence-electron chi connectivity index (χ4n) is 1.42. The molecule has 1 heterocycles. The lowest BCUT2D eigenvalue weighted by Gasteiger charge is -2.15. The number of hydrogen-bond donors (Lipinski definition) is 1. The van der Waals surface area contributed by atoms with Gasteiger partial charge in [0, 0.05) is 12.2 Å². The van der Waals surface area contributed by atoms with Crippen LogP contribution in [0.3, 0.4) is 0 Å². The molecule has 1 atom stereocenters. The lowest BCUT2D eigenvalue weighted by molar-refractivity contribution is 0.690. The first-order chi connectivity index (χ1) is 6.63. The summed E-state index contributed by atoms with van der Waals surface area (Å²) >= 11 is 5.97. The zero-order valence-electron chi connectivity index (χ0n) is 8.97. The molecule has 0 spiro atoms. The summed E-state index contributed by atoms with van der Waals surface area (Å²) in [5.41, 5.74) is 2.06. The number of anilines is 1. The van der Waals surface area contributed by atoms with Crippen molar-refractivity contribution in [2.24, 2.45) is 0 Å². The highest BCUT2D eigenvalue weighted by atomic mass is 35.5. The van der Waals surface area contributed by atoms with Crippen molar-refractivity contribution < 1.29 is 0 Å². The van der Waals surface area contributed by atoms with E-state index < -0.39 is 0 Å². The van der Waals surface area contributed by atoms with Gasteiger partial charge < -0.3 is 5.32 Å². The molecule has 0 saturated heterocycles. The Balaban J connectivity index is 2.70. The van der Waals surface area contributed by atoms with Gasteiger partial charge >= 0.3 is 0 Å². The minimum atomic E-state index is 0.445. The van der Waals surface area contributed by atoms with Gasteiger partial charge in [-0.25, -0.2) is 4.98 Å². The minimum Gasteiger partial charge on any atom is -0.380 e. The third-order valence-electron chi connectivity index (χ3n) is 2.10. The SMILES string of the molecule is CCCC(C)Nc1cc(C)cnc1Cl. The molecule has 3 heteroatoms. The van der Waals surface area contributed by atoms with E-state index in [9.17, 15) is 0 Å². The van der Waals surface area contributed by atoms with Gasteiger partial charge in [-0.2, -0.15) is 0 Å². The molecule has 1 N–H and O–H groups in total. The van der Waals surface area contributed by atoms with Crippen LogP contribution in [-0.2, 0) is 0 Å². The average molecular weight is 213 g/mol. The Kier molecular flexibility index (Phi) is 4.21. The summed E-state index contributed by atoms with van der Waals surface area (Å²) in [6.45, 7) is 6.34. The molecule has 1 unspecified atom stereocenters. The van der Waals surface area contributed by atoms with Crippen LogP contribution in [-0.4, -0.2) is 11.0 Å². The number of hydrogen-bond acceptors (Lipinski definition) is 2. The van der Waals surface area contributed by atoms with Crippen LogP contribution in [0, 0.1) is 6.92 Å². The van der Waals surface area contributed by atoms with Crippen LogP contribution in [0.25, 0.3) is 0 Å².